The lowest BCUT2D eigenvalue weighted by Crippen LogP contribution is -2.31. The predicted molar refractivity (Wildman–Crippen MR) is 122 cm³/mol. The third-order valence-corrected chi connectivity index (χ3v) is 6.78. The van der Waals surface area contributed by atoms with Gasteiger partial charge in [-0.05, 0) is 39.9 Å². The SMILES string of the molecule is O=C(O)[C@H]1CN(C(=O)OCC2c3ccccc3-c3ccccc32)C[C@@H]1c1ccc(Cl)cc1. The number of carboxylic acids is 1. The fourth-order valence-electron chi connectivity index (χ4n) is 4.94. The minimum absolute atomic E-state index is 0.0312. The Morgan fingerprint density at radius 1 is 0.906 bits per heavy atom. The first-order valence-corrected chi connectivity index (χ1v) is 11.0. The number of halogens is 1. The molecule has 2 atom stereocenters. The molecule has 0 bridgehead atoms. The molecule has 0 radical (unpaired) electrons. The number of amides is 1. The fourth-order valence-corrected chi connectivity index (χ4v) is 5.06. The molecule has 1 heterocycles. The normalized spacial score (nSPS) is 19.5. The second-order valence-corrected chi connectivity index (χ2v) is 8.75. The average molecular weight is 448 g/mol. The van der Waals surface area contributed by atoms with Crippen molar-refractivity contribution in [2.45, 2.75) is 11.8 Å². The summed E-state index contributed by atoms with van der Waals surface area (Å²) in [5.74, 6) is -1.93. The number of likely N-dealkylation sites (tertiary alicyclic amines) is 1. The maximum Gasteiger partial charge on any atom is 0.409 e. The minimum Gasteiger partial charge on any atom is -0.481 e. The van der Waals surface area contributed by atoms with Crippen molar-refractivity contribution in [1.29, 1.82) is 0 Å². The molecule has 5 nitrogen and oxygen atoms in total. The van der Waals surface area contributed by atoms with Crippen LogP contribution >= 0.6 is 11.6 Å². The van der Waals surface area contributed by atoms with Gasteiger partial charge < -0.3 is 14.7 Å². The van der Waals surface area contributed by atoms with E-state index in [0.717, 1.165) is 16.7 Å². The Morgan fingerprint density at radius 2 is 1.50 bits per heavy atom. The Hall–Kier alpha value is -3.31. The molecule has 3 aromatic rings. The molecule has 1 aliphatic carbocycles. The topological polar surface area (TPSA) is 66.8 Å². The van der Waals surface area contributed by atoms with Gasteiger partial charge >= 0.3 is 12.1 Å². The molecule has 0 aromatic heterocycles. The van der Waals surface area contributed by atoms with Crippen LogP contribution in [0.1, 0.15) is 28.5 Å². The lowest BCUT2D eigenvalue weighted by atomic mass is 9.89. The Kier molecular flexibility index (Phi) is 5.35. The van der Waals surface area contributed by atoms with Crippen LogP contribution in [-0.2, 0) is 9.53 Å². The second-order valence-electron chi connectivity index (χ2n) is 8.31. The molecule has 32 heavy (non-hydrogen) atoms. The fraction of sp³-hybridized carbons (Fsp3) is 0.231. The lowest BCUT2D eigenvalue weighted by Gasteiger charge is -2.19. The van der Waals surface area contributed by atoms with Gasteiger partial charge in [0.25, 0.3) is 0 Å². The maximum atomic E-state index is 12.9. The van der Waals surface area contributed by atoms with Gasteiger partial charge in [0.05, 0.1) is 5.92 Å². The molecule has 1 saturated heterocycles. The Bertz CT molecular complexity index is 1130. The monoisotopic (exact) mass is 447 g/mol. The van der Waals surface area contributed by atoms with Gasteiger partial charge in [0.1, 0.15) is 6.61 Å². The van der Waals surface area contributed by atoms with Crippen molar-refractivity contribution in [2.75, 3.05) is 19.7 Å². The van der Waals surface area contributed by atoms with Gasteiger partial charge in [0.15, 0.2) is 0 Å². The van der Waals surface area contributed by atoms with Crippen LogP contribution in [0, 0.1) is 5.92 Å². The van der Waals surface area contributed by atoms with Gasteiger partial charge in [-0.3, -0.25) is 4.79 Å². The number of carbonyl (C=O) groups is 2. The second kappa shape index (κ2) is 8.32. The summed E-state index contributed by atoms with van der Waals surface area (Å²) in [5.41, 5.74) is 5.48. The summed E-state index contributed by atoms with van der Waals surface area (Å²) in [6, 6.07) is 23.5. The molecule has 0 unspecified atom stereocenters. The van der Waals surface area contributed by atoms with Crippen molar-refractivity contribution < 1.29 is 19.4 Å². The highest BCUT2D eigenvalue weighted by atomic mass is 35.5. The van der Waals surface area contributed by atoms with Gasteiger partial charge in [-0.25, -0.2) is 4.79 Å². The summed E-state index contributed by atoms with van der Waals surface area (Å²) in [4.78, 5) is 26.3. The minimum atomic E-state index is -0.918. The van der Waals surface area contributed by atoms with Crippen LogP contribution in [0.15, 0.2) is 72.8 Å². The Morgan fingerprint density at radius 3 is 2.09 bits per heavy atom. The highest BCUT2D eigenvalue weighted by molar-refractivity contribution is 6.30. The zero-order chi connectivity index (χ0) is 22.2. The Balaban J connectivity index is 1.32. The highest BCUT2D eigenvalue weighted by Crippen LogP contribution is 2.44. The van der Waals surface area contributed by atoms with Gasteiger partial charge in [-0.1, -0.05) is 72.3 Å². The number of fused-ring (bicyclic) bond motifs is 3. The van der Waals surface area contributed by atoms with E-state index in [1.807, 2.05) is 36.4 Å². The van der Waals surface area contributed by atoms with Crippen LogP contribution in [0.2, 0.25) is 5.02 Å². The molecule has 162 valence electrons. The predicted octanol–water partition coefficient (Wildman–Crippen LogP) is 5.39. The Labute approximate surface area is 191 Å². The van der Waals surface area contributed by atoms with E-state index in [-0.39, 0.29) is 25.0 Å². The first kappa shape index (κ1) is 20.6. The van der Waals surface area contributed by atoms with Gasteiger partial charge in [0, 0.05) is 29.9 Å². The molecule has 6 heteroatoms. The van der Waals surface area contributed by atoms with Crippen molar-refractivity contribution in [3.05, 3.63) is 94.5 Å². The van der Waals surface area contributed by atoms with E-state index < -0.39 is 18.0 Å². The van der Waals surface area contributed by atoms with E-state index in [4.69, 9.17) is 16.3 Å². The maximum absolute atomic E-state index is 12.9. The number of hydrogen-bond acceptors (Lipinski definition) is 3. The zero-order valence-corrected chi connectivity index (χ0v) is 18.0. The first-order valence-electron chi connectivity index (χ1n) is 10.6. The largest absolute Gasteiger partial charge is 0.481 e. The first-order chi connectivity index (χ1) is 15.5. The number of ether oxygens (including phenoxy) is 1. The molecule has 5 rings (SSSR count). The van der Waals surface area contributed by atoms with Crippen molar-refractivity contribution in [3.63, 3.8) is 0 Å². The van der Waals surface area contributed by atoms with Gasteiger partial charge in [-0.2, -0.15) is 0 Å². The zero-order valence-electron chi connectivity index (χ0n) is 17.3. The van der Waals surface area contributed by atoms with Crippen molar-refractivity contribution in [3.8, 4) is 11.1 Å². The lowest BCUT2D eigenvalue weighted by molar-refractivity contribution is -0.141. The third kappa shape index (κ3) is 3.63. The molecule has 1 fully saturated rings. The summed E-state index contributed by atoms with van der Waals surface area (Å²) < 4.78 is 5.73. The van der Waals surface area contributed by atoms with Crippen LogP contribution in [0.3, 0.4) is 0 Å². The average Bonchev–Trinajstić information content (AvgIpc) is 3.39. The van der Waals surface area contributed by atoms with Crippen LogP contribution in [-0.4, -0.2) is 41.8 Å². The van der Waals surface area contributed by atoms with E-state index in [9.17, 15) is 14.7 Å². The number of hydrogen-bond donors (Lipinski definition) is 1. The molecule has 1 amide bonds. The van der Waals surface area contributed by atoms with Crippen LogP contribution in [0.5, 0.6) is 0 Å². The molecule has 0 saturated carbocycles. The number of benzene rings is 3. The van der Waals surface area contributed by atoms with Crippen molar-refractivity contribution >= 4 is 23.7 Å². The number of aliphatic carboxylic acids is 1. The number of carboxylic acid groups (broad SMARTS) is 1. The summed E-state index contributed by atoms with van der Waals surface area (Å²) in [7, 11) is 0. The summed E-state index contributed by atoms with van der Waals surface area (Å²) in [6.45, 7) is 0.640. The van der Waals surface area contributed by atoms with E-state index in [1.165, 1.54) is 16.0 Å². The smallest absolute Gasteiger partial charge is 0.409 e. The summed E-state index contributed by atoms with van der Waals surface area (Å²) >= 11 is 5.97. The molecular weight excluding hydrogens is 426 g/mol. The van der Waals surface area contributed by atoms with Crippen LogP contribution in [0.4, 0.5) is 4.79 Å². The van der Waals surface area contributed by atoms with E-state index >= 15 is 0 Å². The van der Waals surface area contributed by atoms with Crippen LogP contribution < -0.4 is 0 Å². The van der Waals surface area contributed by atoms with E-state index in [2.05, 4.69) is 24.3 Å². The summed E-state index contributed by atoms with van der Waals surface area (Å²) in [5, 5.41) is 10.3. The number of carbonyl (C=O) groups excluding carboxylic acids is 1. The van der Waals surface area contributed by atoms with Crippen LogP contribution in [0.25, 0.3) is 11.1 Å². The highest BCUT2D eigenvalue weighted by Gasteiger charge is 2.41. The molecule has 1 aliphatic heterocycles. The molecular formula is C26H22ClNO4. The summed E-state index contributed by atoms with van der Waals surface area (Å²) in [6.07, 6.45) is -0.477. The third-order valence-electron chi connectivity index (χ3n) is 6.53. The molecule has 1 N–H and O–H groups in total. The standard InChI is InChI=1S/C26H22ClNO4/c27-17-11-9-16(10-12-17)22-13-28(14-23(22)25(29)30)26(31)32-15-24-20-7-3-1-5-18(20)19-6-2-4-8-21(19)24/h1-12,22-24H,13-15H2,(H,29,30)/t22-,23+/m1/s1. The van der Waals surface area contributed by atoms with E-state index in [0.29, 0.717) is 11.6 Å². The van der Waals surface area contributed by atoms with E-state index in [1.54, 1.807) is 12.1 Å². The van der Waals surface area contributed by atoms with Gasteiger partial charge in [0.2, 0.25) is 0 Å². The van der Waals surface area contributed by atoms with Crippen molar-refractivity contribution in [2.24, 2.45) is 5.92 Å². The van der Waals surface area contributed by atoms with Crippen molar-refractivity contribution in [1.82, 2.24) is 4.90 Å². The van der Waals surface area contributed by atoms with Gasteiger partial charge in [-0.15, -0.1) is 0 Å². The number of nitrogens with zero attached hydrogens (tertiary/aromatic N) is 1. The molecule has 3 aromatic carbocycles. The number of rotatable bonds is 4. The molecule has 2 aliphatic rings. The quantitative estimate of drug-likeness (QED) is 0.582. The molecule has 0 spiro atoms.